The lowest BCUT2D eigenvalue weighted by molar-refractivity contribution is -0.135. The van der Waals surface area contributed by atoms with E-state index in [1.54, 1.807) is 47.6 Å². The fourth-order valence-electron chi connectivity index (χ4n) is 4.29. The lowest BCUT2D eigenvalue weighted by Gasteiger charge is -2.37. The Kier molecular flexibility index (Phi) is 9.42. The molecule has 0 fully saturated rings. The summed E-state index contributed by atoms with van der Waals surface area (Å²) in [6.07, 6.45) is 1.43. The Labute approximate surface area is 228 Å². The predicted molar refractivity (Wildman–Crippen MR) is 146 cm³/mol. The maximum absolute atomic E-state index is 13.7. The molecule has 3 aromatic rings. The van der Waals surface area contributed by atoms with Gasteiger partial charge in [0.15, 0.2) is 0 Å². The number of carbonyl (C=O) groups is 2. The third-order valence-corrected chi connectivity index (χ3v) is 7.84. The molecular formula is C27H28BrClN2O4S. The smallest absolute Gasteiger partial charge is 0.254 e. The number of amides is 2. The van der Waals surface area contributed by atoms with E-state index < -0.39 is 0 Å². The second-order valence-electron chi connectivity index (χ2n) is 8.50. The average molecular weight is 592 g/mol. The number of nitrogens with zero attached hydrogens (tertiary/aromatic N) is 2. The normalized spacial score (nSPS) is 14.9. The van der Waals surface area contributed by atoms with Crippen LogP contribution in [0.5, 0.6) is 5.75 Å². The van der Waals surface area contributed by atoms with Gasteiger partial charge in [0.2, 0.25) is 5.91 Å². The first-order valence-electron chi connectivity index (χ1n) is 11.7. The third-order valence-electron chi connectivity index (χ3n) is 6.10. The summed E-state index contributed by atoms with van der Waals surface area (Å²) in [6, 6.07) is 16.3. The van der Waals surface area contributed by atoms with Crippen molar-refractivity contribution in [2.45, 2.75) is 18.9 Å². The standard InChI is InChI=1S/C27H28BrClN2O4S/c1-34-14-3-12-30(27(33)19-4-2-5-20(28)16-19)17-26(32)31-13-10-25-23(11-15-36-25)24(31)18-35-22-8-6-21(29)7-9-22/h2,4-9,11,15-16,24H,3,10,12-14,17-18H2,1H3. The molecule has 0 N–H and O–H groups in total. The Morgan fingerprint density at radius 3 is 2.75 bits per heavy atom. The Hall–Kier alpha value is -2.39. The molecule has 1 aliphatic heterocycles. The van der Waals surface area contributed by atoms with Crippen molar-refractivity contribution in [2.75, 3.05) is 40.0 Å². The summed E-state index contributed by atoms with van der Waals surface area (Å²) in [4.78, 5) is 31.7. The van der Waals surface area contributed by atoms with Gasteiger partial charge in [-0.2, -0.15) is 0 Å². The molecule has 36 heavy (non-hydrogen) atoms. The Balaban J connectivity index is 1.52. The number of thiophene rings is 1. The van der Waals surface area contributed by atoms with E-state index in [0.29, 0.717) is 49.1 Å². The monoisotopic (exact) mass is 590 g/mol. The van der Waals surface area contributed by atoms with Gasteiger partial charge in [0.1, 0.15) is 18.9 Å². The molecule has 190 valence electrons. The summed E-state index contributed by atoms with van der Waals surface area (Å²) < 4.78 is 12.1. The Morgan fingerprint density at radius 2 is 2.00 bits per heavy atom. The molecule has 0 saturated heterocycles. The zero-order valence-electron chi connectivity index (χ0n) is 20.0. The SMILES string of the molecule is COCCCN(CC(=O)N1CCc2sccc2C1COc1ccc(Cl)cc1)C(=O)c1cccc(Br)c1. The van der Waals surface area contributed by atoms with Gasteiger partial charge in [-0.1, -0.05) is 33.6 Å². The number of methoxy groups -OCH3 is 1. The van der Waals surface area contributed by atoms with Gasteiger partial charge in [-0.3, -0.25) is 9.59 Å². The third kappa shape index (κ3) is 6.68. The van der Waals surface area contributed by atoms with Gasteiger partial charge < -0.3 is 19.3 Å². The number of carbonyl (C=O) groups excluding carboxylic acids is 2. The van der Waals surface area contributed by atoms with Crippen LogP contribution in [0.25, 0.3) is 0 Å². The highest BCUT2D eigenvalue weighted by Crippen LogP contribution is 2.34. The lowest BCUT2D eigenvalue weighted by Crippen LogP contribution is -2.48. The number of benzene rings is 2. The van der Waals surface area contributed by atoms with Crippen LogP contribution in [0.15, 0.2) is 64.5 Å². The molecule has 1 aromatic heterocycles. The molecule has 0 aliphatic carbocycles. The molecule has 1 aliphatic rings. The molecular weight excluding hydrogens is 564 g/mol. The van der Waals surface area contributed by atoms with Crippen LogP contribution in [-0.2, 0) is 16.0 Å². The van der Waals surface area contributed by atoms with Crippen LogP contribution >= 0.6 is 38.9 Å². The summed E-state index contributed by atoms with van der Waals surface area (Å²) in [5.74, 6) is 0.417. The van der Waals surface area contributed by atoms with Gasteiger partial charge in [-0.05, 0) is 72.3 Å². The van der Waals surface area contributed by atoms with E-state index >= 15 is 0 Å². The maximum atomic E-state index is 13.7. The maximum Gasteiger partial charge on any atom is 0.254 e. The molecule has 2 aromatic carbocycles. The van der Waals surface area contributed by atoms with E-state index in [-0.39, 0.29) is 24.4 Å². The van der Waals surface area contributed by atoms with Crippen molar-refractivity contribution in [2.24, 2.45) is 0 Å². The molecule has 2 heterocycles. The second-order valence-corrected chi connectivity index (χ2v) is 10.9. The van der Waals surface area contributed by atoms with E-state index in [2.05, 4.69) is 27.4 Å². The summed E-state index contributed by atoms with van der Waals surface area (Å²) in [5, 5.41) is 2.70. The largest absolute Gasteiger partial charge is 0.491 e. The van der Waals surface area contributed by atoms with Crippen LogP contribution < -0.4 is 4.74 Å². The number of fused-ring (bicyclic) bond motifs is 1. The molecule has 6 nitrogen and oxygen atoms in total. The van der Waals surface area contributed by atoms with Crippen LogP contribution in [-0.4, -0.2) is 61.6 Å². The van der Waals surface area contributed by atoms with E-state index in [9.17, 15) is 9.59 Å². The number of hydrogen-bond acceptors (Lipinski definition) is 5. The molecule has 0 spiro atoms. The molecule has 0 saturated carbocycles. The fraction of sp³-hybridized carbons (Fsp3) is 0.333. The van der Waals surface area contributed by atoms with Gasteiger partial charge in [-0.25, -0.2) is 0 Å². The van der Waals surface area contributed by atoms with Gasteiger partial charge in [0.25, 0.3) is 5.91 Å². The minimum Gasteiger partial charge on any atom is -0.491 e. The summed E-state index contributed by atoms with van der Waals surface area (Å²) >= 11 is 11.1. The van der Waals surface area contributed by atoms with Crippen LogP contribution in [0.3, 0.4) is 0 Å². The van der Waals surface area contributed by atoms with E-state index in [0.717, 1.165) is 16.5 Å². The minimum atomic E-state index is -0.232. The topological polar surface area (TPSA) is 59.1 Å². The Bertz CT molecular complexity index is 1190. The van der Waals surface area contributed by atoms with E-state index in [1.807, 2.05) is 29.2 Å². The van der Waals surface area contributed by atoms with Gasteiger partial charge in [0.05, 0.1) is 6.04 Å². The fourth-order valence-corrected chi connectivity index (χ4v) is 5.74. The number of halogens is 2. The molecule has 0 bridgehead atoms. The highest BCUT2D eigenvalue weighted by Gasteiger charge is 2.33. The van der Waals surface area contributed by atoms with Crippen molar-refractivity contribution in [3.8, 4) is 5.75 Å². The van der Waals surface area contributed by atoms with Crippen molar-refractivity contribution in [3.05, 3.63) is 85.5 Å². The van der Waals surface area contributed by atoms with Crippen molar-refractivity contribution in [1.82, 2.24) is 9.80 Å². The molecule has 2 amide bonds. The van der Waals surface area contributed by atoms with Crippen molar-refractivity contribution < 1.29 is 19.1 Å². The number of hydrogen-bond donors (Lipinski definition) is 0. The molecule has 1 unspecified atom stereocenters. The van der Waals surface area contributed by atoms with E-state index in [4.69, 9.17) is 21.1 Å². The van der Waals surface area contributed by atoms with Gasteiger partial charge in [-0.15, -0.1) is 11.3 Å². The van der Waals surface area contributed by atoms with Gasteiger partial charge in [0, 0.05) is 46.7 Å². The molecule has 4 rings (SSSR count). The van der Waals surface area contributed by atoms with E-state index in [1.165, 1.54) is 4.88 Å². The first-order chi connectivity index (χ1) is 17.5. The molecule has 9 heteroatoms. The quantitative estimate of drug-likeness (QED) is 0.278. The minimum absolute atomic E-state index is 0.00796. The Morgan fingerprint density at radius 1 is 1.19 bits per heavy atom. The van der Waals surface area contributed by atoms with Crippen LogP contribution in [0.2, 0.25) is 5.02 Å². The van der Waals surface area contributed by atoms with Crippen molar-refractivity contribution in [3.63, 3.8) is 0 Å². The second kappa shape index (κ2) is 12.7. The molecule has 0 radical (unpaired) electrons. The highest BCUT2D eigenvalue weighted by molar-refractivity contribution is 9.10. The first kappa shape index (κ1) is 26.7. The van der Waals surface area contributed by atoms with Crippen LogP contribution in [0.1, 0.15) is 33.3 Å². The van der Waals surface area contributed by atoms with Crippen molar-refractivity contribution in [1.29, 1.82) is 0 Å². The number of ether oxygens (including phenoxy) is 2. The van der Waals surface area contributed by atoms with Crippen LogP contribution in [0, 0.1) is 0 Å². The summed E-state index contributed by atoms with van der Waals surface area (Å²) in [7, 11) is 1.63. The predicted octanol–water partition coefficient (Wildman–Crippen LogP) is 5.85. The van der Waals surface area contributed by atoms with Crippen molar-refractivity contribution >= 4 is 50.7 Å². The first-order valence-corrected chi connectivity index (χ1v) is 13.8. The molecule has 1 atom stereocenters. The van der Waals surface area contributed by atoms with Gasteiger partial charge >= 0.3 is 0 Å². The highest BCUT2D eigenvalue weighted by atomic mass is 79.9. The summed E-state index contributed by atoms with van der Waals surface area (Å²) in [5.41, 5.74) is 1.65. The average Bonchev–Trinajstić information content (AvgIpc) is 3.36. The summed E-state index contributed by atoms with van der Waals surface area (Å²) in [6.45, 7) is 1.83. The lowest BCUT2D eigenvalue weighted by atomic mass is 10.0. The zero-order chi connectivity index (χ0) is 25.5. The number of rotatable bonds is 10. The van der Waals surface area contributed by atoms with Crippen LogP contribution in [0.4, 0.5) is 0 Å². The zero-order valence-corrected chi connectivity index (χ0v) is 23.2.